The lowest BCUT2D eigenvalue weighted by Gasteiger charge is -2.01. The van der Waals surface area contributed by atoms with Crippen molar-refractivity contribution in [2.45, 2.75) is 6.92 Å². The normalized spacial score (nSPS) is 10.2. The lowest BCUT2D eigenvalue weighted by molar-refractivity contribution is -0.255. The van der Waals surface area contributed by atoms with Gasteiger partial charge in [-0.3, -0.25) is 4.98 Å². The van der Waals surface area contributed by atoms with Crippen LogP contribution in [0.25, 0.3) is 11.4 Å². The third-order valence-electron chi connectivity index (χ3n) is 1.97. The van der Waals surface area contributed by atoms with Crippen molar-refractivity contribution in [2.24, 2.45) is 0 Å². The molecule has 0 bridgehead atoms. The molecule has 0 saturated heterocycles. The molecule has 2 heterocycles. The van der Waals surface area contributed by atoms with Gasteiger partial charge in [-0.1, -0.05) is 11.2 Å². The van der Waals surface area contributed by atoms with E-state index in [1.165, 1.54) is 6.92 Å². The van der Waals surface area contributed by atoms with Gasteiger partial charge in [0.15, 0.2) is 0 Å². The van der Waals surface area contributed by atoms with Crippen LogP contribution in [-0.4, -0.2) is 16.1 Å². The summed E-state index contributed by atoms with van der Waals surface area (Å²) in [5.74, 6) is -1.09. The topological polar surface area (TPSA) is 79.0 Å². The second-order valence-electron chi connectivity index (χ2n) is 2.96. The van der Waals surface area contributed by atoms with Crippen LogP contribution < -0.4 is 5.11 Å². The van der Waals surface area contributed by atoms with Gasteiger partial charge in [0.25, 0.3) is 0 Å². The lowest BCUT2D eigenvalue weighted by Crippen LogP contribution is -2.23. The van der Waals surface area contributed by atoms with E-state index in [0.717, 1.165) is 0 Å². The van der Waals surface area contributed by atoms with Crippen molar-refractivity contribution < 1.29 is 14.4 Å². The molecule has 5 nitrogen and oxygen atoms in total. The summed E-state index contributed by atoms with van der Waals surface area (Å²) in [5, 5.41) is 14.5. The highest BCUT2D eigenvalue weighted by atomic mass is 16.5. The maximum Gasteiger partial charge on any atom is 0.143 e. The summed E-state index contributed by atoms with van der Waals surface area (Å²) in [5.41, 5.74) is 0.607. The minimum atomic E-state index is -1.31. The van der Waals surface area contributed by atoms with Gasteiger partial charge in [-0.2, -0.15) is 0 Å². The van der Waals surface area contributed by atoms with E-state index in [1.807, 2.05) is 0 Å². The Morgan fingerprint density at radius 3 is 2.87 bits per heavy atom. The average molecular weight is 203 g/mol. The second-order valence-corrected chi connectivity index (χ2v) is 2.96. The molecule has 0 aliphatic heterocycles. The molecule has 2 rings (SSSR count). The maximum atomic E-state index is 10.8. The van der Waals surface area contributed by atoms with Crippen LogP contribution in [-0.2, 0) is 0 Å². The molecule has 0 atom stereocenters. The zero-order valence-electron chi connectivity index (χ0n) is 7.93. The number of aromatic nitrogens is 2. The van der Waals surface area contributed by atoms with E-state index in [2.05, 4.69) is 10.1 Å². The molecule has 0 saturated carbocycles. The Morgan fingerprint density at radius 2 is 2.27 bits per heavy atom. The minimum Gasteiger partial charge on any atom is -0.545 e. The van der Waals surface area contributed by atoms with Crippen LogP contribution >= 0.6 is 0 Å². The first-order chi connectivity index (χ1) is 7.20. The molecule has 0 amide bonds. The zero-order chi connectivity index (χ0) is 10.8. The summed E-state index contributed by atoms with van der Waals surface area (Å²) in [6.45, 7) is 1.52. The summed E-state index contributed by atoms with van der Waals surface area (Å²) in [6.07, 6.45) is 1.55. The predicted octanol–water partition coefficient (Wildman–Crippen LogP) is 0.409. The fraction of sp³-hybridized carbons (Fsp3) is 0.100. The van der Waals surface area contributed by atoms with Crippen LogP contribution in [0.4, 0.5) is 0 Å². The van der Waals surface area contributed by atoms with E-state index in [4.69, 9.17) is 4.52 Å². The van der Waals surface area contributed by atoms with Crippen molar-refractivity contribution in [1.82, 2.24) is 10.1 Å². The highest BCUT2D eigenvalue weighted by Gasteiger charge is 2.15. The van der Waals surface area contributed by atoms with Gasteiger partial charge in [-0.25, -0.2) is 0 Å². The molecule has 0 spiro atoms. The van der Waals surface area contributed by atoms with Crippen molar-refractivity contribution >= 4 is 5.97 Å². The van der Waals surface area contributed by atoms with Crippen LogP contribution in [0, 0.1) is 6.92 Å². The Hall–Kier alpha value is -2.17. The smallest absolute Gasteiger partial charge is 0.143 e. The van der Waals surface area contributed by atoms with Crippen LogP contribution in [0.15, 0.2) is 28.9 Å². The summed E-state index contributed by atoms with van der Waals surface area (Å²) in [4.78, 5) is 14.8. The third kappa shape index (κ3) is 1.59. The fourth-order valence-corrected chi connectivity index (χ4v) is 1.29. The Labute approximate surface area is 85.4 Å². The molecule has 0 radical (unpaired) electrons. The number of carboxylic acids is 1. The molecule has 0 aliphatic carbocycles. The number of aryl methyl sites for hydroxylation is 1. The van der Waals surface area contributed by atoms with Gasteiger partial charge in [-0.05, 0) is 19.1 Å². The van der Waals surface area contributed by atoms with E-state index in [-0.39, 0.29) is 17.0 Å². The van der Waals surface area contributed by atoms with Crippen molar-refractivity contribution in [2.75, 3.05) is 0 Å². The van der Waals surface area contributed by atoms with Crippen molar-refractivity contribution in [1.29, 1.82) is 0 Å². The molecular weight excluding hydrogens is 196 g/mol. The molecule has 15 heavy (non-hydrogen) atoms. The van der Waals surface area contributed by atoms with E-state index < -0.39 is 5.97 Å². The van der Waals surface area contributed by atoms with Gasteiger partial charge >= 0.3 is 0 Å². The Balaban J connectivity index is 2.59. The number of nitrogens with zero attached hydrogens (tertiary/aromatic N) is 2. The molecule has 0 fully saturated rings. The van der Waals surface area contributed by atoms with Gasteiger partial charge in [0.1, 0.15) is 11.5 Å². The molecule has 2 aromatic heterocycles. The first-order valence-electron chi connectivity index (χ1n) is 4.29. The van der Waals surface area contributed by atoms with E-state index >= 15 is 0 Å². The highest BCUT2D eigenvalue weighted by molar-refractivity contribution is 5.93. The van der Waals surface area contributed by atoms with Crippen LogP contribution in [0.1, 0.15) is 16.1 Å². The van der Waals surface area contributed by atoms with Gasteiger partial charge in [0.2, 0.25) is 0 Å². The van der Waals surface area contributed by atoms with Gasteiger partial charge in [0, 0.05) is 6.20 Å². The molecule has 0 unspecified atom stereocenters. The first-order valence-corrected chi connectivity index (χ1v) is 4.29. The number of rotatable bonds is 2. The van der Waals surface area contributed by atoms with Gasteiger partial charge < -0.3 is 14.4 Å². The Bertz CT molecular complexity index is 491. The number of pyridine rings is 1. The molecule has 5 heteroatoms. The molecule has 0 aromatic carbocycles. The lowest BCUT2D eigenvalue weighted by atomic mass is 10.1. The van der Waals surface area contributed by atoms with Gasteiger partial charge in [-0.15, -0.1) is 0 Å². The molecule has 2 aromatic rings. The van der Waals surface area contributed by atoms with E-state index in [9.17, 15) is 9.90 Å². The summed E-state index contributed by atoms with van der Waals surface area (Å²) in [6, 6.07) is 5.13. The fourth-order valence-electron chi connectivity index (χ4n) is 1.29. The SMILES string of the molecule is Cc1onc(-c2ccccn2)c1C(=O)[O-]. The quantitative estimate of drug-likeness (QED) is 0.706. The predicted molar refractivity (Wildman–Crippen MR) is 48.8 cm³/mol. The Kier molecular flexibility index (Phi) is 2.21. The van der Waals surface area contributed by atoms with Crippen molar-refractivity contribution in [3.63, 3.8) is 0 Å². The van der Waals surface area contributed by atoms with E-state index in [0.29, 0.717) is 5.69 Å². The van der Waals surface area contributed by atoms with Crippen molar-refractivity contribution in [3.05, 3.63) is 35.7 Å². The largest absolute Gasteiger partial charge is 0.545 e. The van der Waals surface area contributed by atoms with Crippen LogP contribution in [0.3, 0.4) is 0 Å². The number of aromatic carboxylic acids is 1. The van der Waals surface area contributed by atoms with Gasteiger partial charge in [0.05, 0.1) is 17.2 Å². The molecule has 0 N–H and O–H groups in total. The Morgan fingerprint density at radius 1 is 1.47 bits per heavy atom. The standard InChI is InChI=1S/C10H8N2O3/c1-6-8(10(13)14)9(12-15-6)7-4-2-3-5-11-7/h2-5H,1H3,(H,13,14)/p-1. The number of hydrogen-bond donors (Lipinski definition) is 0. The van der Waals surface area contributed by atoms with Crippen LogP contribution in [0.2, 0.25) is 0 Å². The molecular formula is C10H7N2O3-. The van der Waals surface area contributed by atoms with Crippen LogP contribution in [0.5, 0.6) is 0 Å². The molecule has 76 valence electrons. The zero-order valence-corrected chi connectivity index (χ0v) is 7.93. The summed E-state index contributed by atoms with van der Waals surface area (Å²) in [7, 11) is 0. The number of carbonyl (C=O) groups is 1. The van der Waals surface area contributed by atoms with E-state index in [1.54, 1.807) is 24.4 Å². The molecule has 0 aliphatic rings. The minimum absolute atomic E-state index is 0.0475. The monoisotopic (exact) mass is 203 g/mol. The maximum absolute atomic E-state index is 10.8. The van der Waals surface area contributed by atoms with Crippen molar-refractivity contribution in [3.8, 4) is 11.4 Å². The number of carboxylic acid groups (broad SMARTS) is 1. The average Bonchev–Trinajstić information content (AvgIpc) is 2.61. The summed E-state index contributed by atoms with van der Waals surface area (Å²) >= 11 is 0. The first kappa shape index (κ1) is 9.39. The number of hydrogen-bond acceptors (Lipinski definition) is 5. The summed E-state index contributed by atoms with van der Waals surface area (Å²) < 4.78 is 4.80. The third-order valence-corrected chi connectivity index (χ3v) is 1.97. The number of carbonyl (C=O) groups excluding carboxylic acids is 1. The second kappa shape index (κ2) is 3.53. The highest BCUT2D eigenvalue weighted by Crippen LogP contribution is 2.22.